The van der Waals surface area contributed by atoms with Crippen molar-refractivity contribution in [2.45, 2.75) is 17.8 Å². The molecule has 0 saturated carbocycles. The van der Waals surface area contributed by atoms with E-state index in [4.69, 9.17) is 23.8 Å². The number of nitrogens with one attached hydrogen (secondary N) is 1. The molecule has 2 heterocycles. The van der Waals surface area contributed by atoms with Crippen LogP contribution in [0.1, 0.15) is 17.2 Å². The molecular weight excluding hydrogens is 412 g/mol. The Labute approximate surface area is 175 Å². The standard InChI is InChI=1S/C20H24N2O7S/c1-22-20(14-7-15(25-2)9-16(8-14)26-3)19(11-29-22)30(23,24)21-10-13-4-5-17-18(6-13)28-12-27-17/h4-9,19-21H,10-12H2,1-3H3. The van der Waals surface area contributed by atoms with E-state index in [1.165, 1.54) is 0 Å². The molecule has 2 aliphatic heterocycles. The maximum absolute atomic E-state index is 13.1. The largest absolute Gasteiger partial charge is 0.497 e. The van der Waals surface area contributed by atoms with Gasteiger partial charge in [-0.3, -0.25) is 4.84 Å². The molecule has 162 valence electrons. The van der Waals surface area contributed by atoms with E-state index in [0.717, 1.165) is 11.1 Å². The molecule has 2 aromatic carbocycles. The second-order valence-corrected chi connectivity index (χ2v) is 9.01. The van der Waals surface area contributed by atoms with Gasteiger partial charge in [-0.25, -0.2) is 13.1 Å². The third kappa shape index (κ3) is 4.04. The number of sulfonamides is 1. The molecule has 2 atom stereocenters. The Kier molecular flexibility index (Phi) is 5.74. The van der Waals surface area contributed by atoms with Gasteiger partial charge in [0.1, 0.15) is 16.7 Å². The average Bonchev–Trinajstić information content (AvgIpc) is 3.38. The monoisotopic (exact) mass is 436 g/mol. The van der Waals surface area contributed by atoms with Crippen LogP contribution in [0.4, 0.5) is 0 Å². The molecule has 2 aromatic rings. The lowest BCUT2D eigenvalue weighted by molar-refractivity contribution is -0.110. The van der Waals surface area contributed by atoms with Gasteiger partial charge in [0.05, 0.1) is 26.9 Å². The van der Waals surface area contributed by atoms with Crippen LogP contribution in [0.3, 0.4) is 0 Å². The Hall–Kier alpha value is -2.53. The molecule has 4 rings (SSSR count). The van der Waals surface area contributed by atoms with Crippen molar-refractivity contribution in [3.8, 4) is 23.0 Å². The predicted octanol–water partition coefficient (Wildman–Crippen LogP) is 1.84. The summed E-state index contributed by atoms with van der Waals surface area (Å²) in [6, 6.07) is 10.1. The van der Waals surface area contributed by atoms with Crippen molar-refractivity contribution in [2.75, 3.05) is 34.7 Å². The molecule has 1 fully saturated rings. The molecule has 0 aromatic heterocycles. The third-order valence-corrected chi connectivity index (χ3v) is 6.95. The van der Waals surface area contributed by atoms with E-state index in [0.29, 0.717) is 23.0 Å². The fourth-order valence-corrected chi connectivity index (χ4v) is 5.11. The number of nitrogens with zero attached hydrogens (tertiary/aromatic N) is 1. The van der Waals surface area contributed by atoms with Gasteiger partial charge in [-0.2, -0.15) is 5.06 Å². The molecule has 0 bridgehead atoms. The number of fused-ring (bicyclic) bond motifs is 1. The SMILES string of the molecule is COc1cc(OC)cc(C2C(S(=O)(=O)NCc3ccc4c(c3)OCO4)CON2C)c1. The summed E-state index contributed by atoms with van der Waals surface area (Å²) in [6.45, 7) is 0.340. The van der Waals surface area contributed by atoms with Crippen molar-refractivity contribution in [3.05, 3.63) is 47.5 Å². The first-order valence-electron chi connectivity index (χ1n) is 9.37. The Balaban J connectivity index is 1.55. The van der Waals surface area contributed by atoms with Gasteiger partial charge in [-0.1, -0.05) is 6.07 Å². The summed E-state index contributed by atoms with van der Waals surface area (Å²) in [5.74, 6) is 2.42. The van der Waals surface area contributed by atoms with Gasteiger partial charge < -0.3 is 18.9 Å². The van der Waals surface area contributed by atoms with Crippen molar-refractivity contribution in [3.63, 3.8) is 0 Å². The Morgan fingerprint density at radius 1 is 1.07 bits per heavy atom. The minimum atomic E-state index is -3.71. The normalized spacial score (nSPS) is 21.0. The number of hydrogen-bond acceptors (Lipinski definition) is 8. The van der Waals surface area contributed by atoms with Crippen LogP contribution in [0, 0.1) is 0 Å². The van der Waals surface area contributed by atoms with E-state index in [-0.39, 0.29) is 19.9 Å². The van der Waals surface area contributed by atoms with E-state index in [1.54, 1.807) is 62.7 Å². The van der Waals surface area contributed by atoms with Crippen LogP contribution in [-0.4, -0.2) is 53.4 Å². The fraction of sp³-hybridized carbons (Fsp3) is 0.400. The first kappa shape index (κ1) is 20.7. The molecule has 0 amide bonds. The van der Waals surface area contributed by atoms with Gasteiger partial charge in [0.15, 0.2) is 11.5 Å². The summed E-state index contributed by atoms with van der Waals surface area (Å²) in [5, 5.41) is 0.743. The molecule has 9 nitrogen and oxygen atoms in total. The lowest BCUT2D eigenvalue weighted by Crippen LogP contribution is -2.39. The zero-order chi connectivity index (χ0) is 21.3. The molecule has 0 spiro atoms. The van der Waals surface area contributed by atoms with Crippen LogP contribution in [0.2, 0.25) is 0 Å². The molecule has 0 aliphatic carbocycles. The van der Waals surface area contributed by atoms with Gasteiger partial charge in [0.25, 0.3) is 0 Å². The average molecular weight is 436 g/mol. The Morgan fingerprint density at radius 2 is 1.77 bits per heavy atom. The maximum Gasteiger partial charge on any atom is 0.231 e. The molecule has 0 radical (unpaired) electrons. The van der Waals surface area contributed by atoms with Gasteiger partial charge in [0, 0.05) is 19.7 Å². The number of benzene rings is 2. The third-order valence-electron chi connectivity index (χ3n) is 5.21. The smallest absolute Gasteiger partial charge is 0.231 e. The summed E-state index contributed by atoms with van der Waals surface area (Å²) in [4.78, 5) is 5.57. The minimum absolute atomic E-state index is 0.0389. The van der Waals surface area contributed by atoms with Crippen LogP contribution in [0.25, 0.3) is 0 Å². The van der Waals surface area contributed by atoms with Gasteiger partial charge >= 0.3 is 0 Å². The van der Waals surface area contributed by atoms with Crippen molar-refractivity contribution < 1.29 is 32.2 Å². The van der Waals surface area contributed by atoms with Crippen LogP contribution in [0.15, 0.2) is 36.4 Å². The van der Waals surface area contributed by atoms with Crippen molar-refractivity contribution in [1.29, 1.82) is 0 Å². The first-order chi connectivity index (χ1) is 14.4. The highest BCUT2D eigenvalue weighted by molar-refractivity contribution is 7.90. The zero-order valence-corrected chi connectivity index (χ0v) is 17.8. The van der Waals surface area contributed by atoms with E-state index < -0.39 is 21.3 Å². The van der Waals surface area contributed by atoms with E-state index in [9.17, 15) is 8.42 Å². The molecule has 10 heteroatoms. The molecule has 1 N–H and O–H groups in total. The minimum Gasteiger partial charge on any atom is -0.497 e. The number of methoxy groups -OCH3 is 2. The number of rotatable bonds is 7. The number of ether oxygens (including phenoxy) is 4. The molecule has 1 saturated heterocycles. The van der Waals surface area contributed by atoms with Crippen LogP contribution < -0.4 is 23.7 Å². The summed E-state index contributed by atoms with van der Waals surface area (Å²) in [6.07, 6.45) is 0. The van der Waals surface area contributed by atoms with Gasteiger partial charge in [0.2, 0.25) is 16.8 Å². The van der Waals surface area contributed by atoms with E-state index in [1.807, 2.05) is 0 Å². The summed E-state index contributed by atoms with van der Waals surface area (Å²) in [5.41, 5.74) is 1.50. The lowest BCUT2D eigenvalue weighted by Gasteiger charge is -2.24. The van der Waals surface area contributed by atoms with Crippen LogP contribution in [0.5, 0.6) is 23.0 Å². The maximum atomic E-state index is 13.1. The summed E-state index contributed by atoms with van der Waals surface area (Å²) < 4.78 is 50.3. The van der Waals surface area contributed by atoms with E-state index >= 15 is 0 Å². The second kappa shape index (κ2) is 8.31. The fourth-order valence-electron chi connectivity index (χ4n) is 3.62. The highest BCUT2D eigenvalue weighted by atomic mass is 32.2. The number of hydroxylamine groups is 2. The molecule has 30 heavy (non-hydrogen) atoms. The van der Waals surface area contributed by atoms with Crippen molar-refractivity contribution >= 4 is 10.0 Å². The van der Waals surface area contributed by atoms with Gasteiger partial charge in [-0.05, 0) is 35.4 Å². The predicted molar refractivity (Wildman–Crippen MR) is 108 cm³/mol. The first-order valence-corrected chi connectivity index (χ1v) is 10.9. The number of hydrogen-bond donors (Lipinski definition) is 1. The molecule has 2 aliphatic rings. The highest BCUT2D eigenvalue weighted by Crippen LogP contribution is 2.37. The zero-order valence-electron chi connectivity index (χ0n) is 17.0. The summed E-state index contributed by atoms with van der Waals surface area (Å²) in [7, 11) is 1.10. The second-order valence-electron chi connectivity index (χ2n) is 7.02. The highest BCUT2D eigenvalue weighted by Gasteiger charge is 2.43. The van der Waals surface area contributed by atoms with Crippen LogP contribution in [-0.2, 0) is 21.4 Å². The van der Waals surface area contributed by atoms with Gasteiger partial charge in [-0.15, -0.1) is 0 Å². The van der Waals surface area contributed by atoms with Crippen molar-refractivity contribution in [2.24, 2.45) is 0 Å². The lowest BCUT2D eigenvalue weighted by atomic mass is 10.0. The summed E-state index contributed by atoms with van der Waals surface area (Å²) >= 11 is 0. The molecular formula is C20H24N2O7S. The topological polar surface area (TPSA) is 95.6 Å². The Morgan fingerprint density at radius 3 is 2.47 bits per heavy atom. The van der Waals surface area contributed by atoms with Crippen molar-refractivity contribution in [1.82, 2.24) is 9.79 Å². The quantitative estimate of drug-likeness (QED) is 0.703. The van der Waals surface area contributed by atoms with E-state index in [2.05, 4.69) is 4.72 Å². The van der Waals surface area contributed by atoms with Crippen LogP contribution >= 0.6 is 0 Å². The molecule has 2 unspecified atom stereocenters. The Bertz CT molecular complexity index is 1010.